The van der Waals surface area contributed by atoms with Crippen molar-refractivity contribution >= 4 is 27.5 Å². The van der Waals surface area contributed by atoms with Crippen LogP contribution in [0.25, 0.3) is 0 Å². The van der Waals surface area contributed by atoms with Crippen LogP contribution in [-0.4, -0.2) is 38.7 Å². The number of benzene rings is 1. The van der Waals surface area contributed by atoms with Gasteiger partial charge in [-0.05, 0) is 41.5 Å². The van der Waals surface area contributed by atoms with Crippen molar-refractivity contribution in [1.29, 1.82) is 5.41 Å². The van der Waals surface area contributed by atoms with Gasteiger partial charge in [0.2, 0.25) is 5.91 Å². The monoisotopic (exact) mass is 435 g/mol. The van der Waals surface area contributed by atoms with Crippen molar-refractivity contribution in [2.45, 2.75) is 6.92 Å². The summed E-state index contributed by atoms with van der Waals surface area (Å²) in [5, 5.41) is 13.6. The Labute approximate surface area is 172 Å². The fourth-order valence-corrected chi connectivity index (χ4v) is 4.15. The van der Waals surface area contributed by atoms with Crippen LogP contribution in [0.3, 0.4) is 0 Å². The van der Waals surface area contributed by atoms with Gasteiger partial charge in [-0.3, -0.25) is 14.9 Å². The van der Waals surface area contributed by atoms with E-state index in [1.165, 1.54) is 17.9 Å². The molecule has 2 heterocycles. The van der Waals surface area contributed by atoms with E-state index in [-0.39, 0.29) is 23.2 Å². The van der Waals surface area contributed by atoms with Gasteiger partial charge in [0.25, 0.3) is 10.0 Å². The zero-order valence-electron chi connectivity index (χ0n) is 16.1. The quantitative estimate of drug-likeness (QED) is 0.577. The molecular weight excluding hydrogens is 416 g/mol. The number of nitrogens with one attached hydrogen (secondary N) is 4. The second-order valence-electron chi connectivity index (χ2n) is 6.64. The number of allylic oxidation sites excluding steroid dienone is 3. The Kier molecular flexibility index (Phi) is 5.74. The van der Waals surface area contributed by atoms with Crippen LogP contribution in [0.1, 0.15) is 6.92 Å². The maximum Gasteiger partial charge on any atom is 0.265 e. The van der Waals surface area contributed by atoms with Crippen LogP contribution in [0, 0.1) is 17.0 Å². The first-order valence-corrected chi connectivity index (χ1v) is 10.2. The molecule has 0 aliphatic carbocycles. The van der Waals surface area contributed by atoms with Crippen LogP contribution in [0.2, 0.25) is 0 Å². The van der Waals surface area contributed by atoms with Crippen LogP contribution in [0.15, 0.2) is 64.5 Å². The molecule has 0 radical (unpaired) electrons. The van der Waals surface area contributed by atoms with Crippen LogP contribution in [-0.2, 0) is 14.8 Å². The highest BCUT2D eigenvalue weighted by Gasteiger charge is 2.30. The number of halogens is 2. The minimum Gasteiger partial charge on any atom is -0.355 e. The number of nitrogens with zero attached hydrogens (tertiary/aromatic N) is 1. The molecule has 0 fully saturated rings. The molecule has 30 heavy (non-hydrogen) atoms. The molecule has 11 heteroatoms. The number of hydrogen-bond acceptors (Lipinski definition) is 5. The Morgan fingerprint density at radius 2 is 2.00 bits per heavy atom. The fraction of sp³-hybridized carbons (Fsp3) is 0.158. The highest BCUT2D eigenvalue weighted by atomic mass is 32.2. The summed E-state index contributed by atoms with van der Waals surface area (Å²) < 4.78 is 54.8. The van der Waals surface area contributed by atoms with Crippen molar-refractivity contribution in [1.82, 2.24) is 15.5 Å². The maximum absolute atomic E-state index is 13.9. The smallest absolute Gasteiger partial charge is 0.265 e. The number of carbonyl (C=O) groups excluding carboxylic acids is 1. The van der Waals surface area contributed by atoms with E-state index in [4.69, 9.17) is 5.41 Å². The minimum absolute atomic E-state index is 0.242. The van der Waals surface area contributed by atoms with Crippen molar-refractivity contribution in [3.63, 3.8) is 0 Å². The van der Waals surface area contributed by atoms with Crippen molar-refractivity contribution in [3.8, 4) is 0 Å². The van der Waals surface area contributed by atoms with Crippen molar-refractivity contribution in [2.75, 3.05) is 18.3 Å². The summed E-state index contributed by atoms with van der Waals surface area (Å²) in [6.07, 6.45) is 6.23. The summed E-state index contributed by atoms with van der Waals surface area (Å²) in [5.41, 5.74) is 0.758. The Bertz CT molecular complexity index is 1150. The third-order valence-electron chi connectivity index (χ3n) is 4.28. The predicted octanol–water partition coefficient (Wildman–Crippen LogP) is 1.90. The number of hydrogen-bond donors (Lipinski definition) is 4. The number of likely N-dealkylation sites (N-methyl/N-ethyl adjacent to an activating group) is 1. The lowest BCUT2D eigenvalue weighted by molar-refractivity contribution is -0.118. The van der Waals surface area contributed by atoms with Gasteiger partial charge < -0.3 is 15.5 Å². The number of amides is 1. The van der Waals surface area contributed by atoms with Crippen molar-refractivity contribution in [3.05, 3.63) is 76.1 Å². The fourth-order valence-electron chi connectivity index (χ4n) is 2.87. The summed E-state index contributed by atoms with van der Waals surface area (Å²) in [6.45, 7) is 1.60. The van der Waals surface area contributed by atoms with Gasteiger partial charge in [-0.1, -0.05) is 0 Å². The van der Waals surface area contributed by atoms with Crippen LogP contribution >= 0.6 is 0 Å². The highest BCUT2D eigenvalue weighted by Crippen LogP contribution is 2.26. The third-order valence-corrected chi connectivity index (χ3v) is 5.65. The molecule has 1 aromatic rings. The van der Waals surface area contributed by atoms with E-state index < -0.39 is 27.3 Å². The number of sulfonamides is 1. The Morgan fingerprint density at radius 3 is 2.67 bits per heavy atom. The van der Waals surface area contributed by atoms with Gasteiger partial charge in [0, 0.05) is 32.8 Å². The van der Waals surface area contributed by atoms with E-state index in [1.54, 1.807) is 25.4 Å². The van der Waals surface area contributed by atoms with Crippen LogP contribution < -0.4 is 15.4 Å². The average Bonchev–Trinajstić information content (AvgIpc) is 2.65. The Morgan fingerprint density at radius 1 is 1.27 bits per heavy atom. The lowest BCUT2D eigenvalue weighted by Crippen LogP contribution is -2.37. The van der Waals surface area contributed by atoms with E-state index >= 15 is 0 Å². The normalized spacial score (nSPS) is 19.1. The molecule has 158 valence electrons. The molecule has 0 unspecified atom stereocenters. The van der Waals surface area contributed by atoms with E-state index in [0.29, 0.717) is 23.0 Å². The average molecular weight is 435 g/mol. The molecule has 0 saturated carbocycles. The van der Waals surface area contributed by atoms with E-state index in [0.717, 1.165) is 12.1 Å². The van der Waals surface area contributed by atoms with Gasteiger partial charge in [-0.15, -0.1) is 0 Å². The SMILES string of the molecule is CC(=O)NC1=CC(=C2C=C(S(=O)(=O)Nc3ccc(F)cc3F)C(=N)N(C)C2)C=CN1. The largest absolute Gasteiger partial charge is 0.355 e. The molecule has 8 nitrogen and oxygen atoms in total. The topological polar surface area (TPSA) is 114 Å². The lowest BCUT2D eigenvalue weighted by atomic mass is 10.0. The molecule has 1 aromatic carbocycles. The van der Waals surface area contributed by atoms with Crippen LogP contribution in [0.5, 0.6) is 0 Å². The molecule has 1 amide bonds. The molecule has 0 atom stereocenters. The Hall–Kier alpha value is -3.47. The van der Waals surface area contributed by atoms with E-state index in [2.05, 4.69) is 15.4 Å². The first-order chi connectivity index (χ1) is 14.1. The number of rotatable bonds is 4. The molecule has 0 bridgehead atoms. The number of dihydropyridines is 1. The van der Waals surface area contributed by atoms with Crippen molar-refractivity contribution in [2.24, 2.45) is 0 Å². The van der Waals surface area contributed by atoms with E-state index in [1.807, 2.05) is 0 Å². The standard InChI is InChI=1S/C19H19F2N5O3S/c1-11(27)24-18-8-12(5-6-23-18)13-7-17(19(22)26(2)10-13)30(28,29)25-16-4-3-14(20)9-15(16)21/h3-9,22-23,25H,10H2,1-2H3,(H,24,27). The van der Waals surface area contributed by atoms with Gasteiger partial charge in [0.15, 0.2) is 0 Å². The lowest BCUT2D eigenvalue weighted by Gasteiger charge is -2.28. The first-order valence-electron chi connectivity index (χ1n) is 8.72. The van der Waals surface area contributed by atoms with Crippen LogP contribution in [0.4, 0.5) is 14.5 Å². The molecule has 4 N–H and O–H groups in total. The summed E-state index contributed by atoms with van der Waals surface area (Å²) in [7, 11) is -2.79. The zero-order valence-corrected chi connectivity index (χ0v) is 16.9. The molecule has 0 saturated heterocycles. The molecule has 2 aliphatic rings. The summed E-state index contributed by atoms with van der Waals surface area (Å²) in [4.78, 5) is 12.3. The number of anilines is 1. The van der Waals surface area contributed by atoms with Gasteiger partial charge in [-0.25, -0.2) is 17.2 Å². The second kappa shape index (κ2) is 8.11. The summed E-state index contributed by atoms with van der Waals surface area (Å²) in [5.74, 6) is -2.05. The second-order valence-corrected chi connectivity index (χ2v) is 8.29. The minimum atomic E-state index is -4.34. The van der Waals surface area contributed by atoms with Gasteiger partial charge in [0.05, 0.1) is 5.69 Å². The predicted molar refractivity (Wildman–Crippen MR) is 109 cm³/mol. The van der Waals surface area contributed by atoms with Gasteiger partial charge >= 0.3 is 0 Å². The van der Waals surface area contributed by atoms with Crippen molar-refractivity contribution < 1.29 is 22.0 Å². The van der Waals surface area contributed by atoms with E-state index in [9.17, 15) is 22.0 Å². The van der Waals surface area contributed by atoms with Gasteiger partial charge in [-0.2, -0.15) is 0 Å². The third kappa shape index (κ3) is 4.57. The maximum atomic E-state index is 13.9. The molecule has 0 aromatic heterocycles. The molecular formula is C19H19F2N5O3S. The first kappa shape index (κ1) is 21.2. The number of carbonyl (C=O) groups is 1. The van der Waals surface area contributed by atoms with Gasteiger partial charge in [0.1, 0.15) is 28.2 Å². The Balaban J connectivity index is 2.02. The highest BCUT2D eigenvalue weighted by molar-refractivity contribution is 7.97. The zero-order chi connectivity index (χ0) is 22.1. The molecule has 3 rings (SSSR count). The summed E-state index contributed by atoms with van der Waals surface area (Å²) >= 11 is 0. The number of amidine groups is 1. The summed E-state index contributed by atoms with van der Waals surface area (Å²) in [6, 6.07) is 2.46. The molecule has 2 aliphatic heterocycles. The molecule has 0 spiro atoms.